The summed E-state index contributed by atoms with van der Waals surface area (Å²) < 4.78 is 0. The Labute approximate surface area is 76.3 Å². The molecule has 0 aromatic heterocycles. The molecule has 0 bridgehead atoms. The molecule has 0 aliphatic rings. The van der Waals surface area contributed by atoms with E-state index in [0.29, 0.717) is 0 Å². The molecule has 0 rings (SSSR count). The fraction of sp³-hybridized carbons (Fsp3) is 0.714. The second kappa shape index (κ2) is 4.66. The Morgan fingerprint density at radius 3 is 2.15 bits per heavy atom. The lowest BCUT2D eigenvalue weighted by molar-refractivity contribution is -0.135. The molecule has 13 heavy (non-hydrogen) atoms. The third kappa shape index (κ3) is 3.75. The van der Waals surface area contributed by atoms with Crippen LogP contribution >= 0.6 is 0 Å². The zero-order valence-electron chi connectivity index (χ0n) is 7.89. The van der Waals surface area contributed by atoms with Crippen LogP contribution in [0, 0.1) is 0 Å². The summed E-state index contributed by atoms with van der Waals surface area (Å²) >= 11 is 0. The Morgan fingerprint density at radius 2 is 1.85 bits per heavy atom. The zero-order chi connectivity index (χ0) is 10.6. The predicted octanol–water partition coefficient (Wildman–Crippen LogP) is 0.222. The summed E-state index contributed by atoms with van der Waals surface area (Å²) in [4.78, 5) is 22.7. The number of hydrogen-bond acceptors (Lipinski definition) is 3. The third-order valence-electron chi connectivity index (χ3n) is 1.58. The van der Waals surface area contributed by atoms with Gasteiger partial charge in [0, 0.05) is 20.5 Å². The highest BCUT2D eigenvalue weighted by Gasteiger charge is 2.20. The molecule has 0 saturated heterocycles. The van der Waals surface area contributed by atoms with Gasteiger partial charge in [0.05, 0.1) is 6.04 Å². The number of carbonyl (C=O) groups is 2. The van der Waals surface area contributed by atoms with Crippen molar-refractivity contribution in [1.29, 1.82) is 0 Å². The summed E-state index contributed by atoms with van der Waals surface area (Å²) in [5, 5.41) is 17.4. The Kier molecular flexibility index (Phi) is 4.19. The first-order valence-electron chi connectivity index (χ1n) is 3.77. The van der Waals surface area contributed by atoms with Gasteiger partial charge in [-0.15, -0.1) is 0 Å². The standard InChI is InChI=1S/C7H14N2O4/c1-5(9(13)7(11)12)4-6(10)8(2)3/h5,13H,4H2,1-3H3,(H,11,12). The van der Waals surface area contributed by atoms with Gasteiger partial charge in [0.25, 0.3) is 0 Å². The maximum Gasteiger partial charge on any atom is 0.431 e. The molecule has 0 fully saturated rings. The van der Waals surface area contributed by atoms with Crippen LogP contribution in [0.5, 0.6) is 0 Å². The molecule has 2 amide bonds. The highest BCUT2D eigenvalue weighted by Crippen LogP contribution is 2.02. The minimum atomic E-state index is -1.46. The van der Waals surface area contributed by atoms with E-state index < -0.39 is 12.1 Å². The van der Waals surface area contributed by atoms with Crippen LogP contribution in [0.4, 0.5) is 4.79 Å². The van der Waals surface area contributed by atoms with Crippen molar-refractivity contribution in [3.8, 4) is 0 Å². The van der Waals surface area contributed by atoms with Crippen LogP contribution in [0.2, 0.25) is 0 Å². The van der Waals surface area contributed by atoms with Gasteiger partial charge in [0.2, 0.25) is 5.91 Å². The van der Waals surface area contributed by atoms with Gasteiger partial charge in [-0.3, -0.25) is 10.0 Å². The topological polar surface area (TPSA) is 81.1 Å². The Bertz CT molecular complexity index is 205. The Morgan fingerprint density at radius 1 is 1.38 bits per heavy atom. The number of hydrogen-bond donors (Lipinski definition) is 2. The van der Waals surface area contributed by atoms with Crippen molar-refractivity contribution in [2.75, 3.05) is 14.1 Å². The lowest BCUT2D eigenvalue weighted by Gasteiger charge is -2.20. The summed E-state index contributed by atoms with van der Waals surface area (Å²) in [6, 6.07) is -0.729. The van der Waals surface area contributed by atoms with Crippen LogP contribution in [-0.4, -0.2) is 52.4 Å². The van der Waals surface area contributed by atoms with Crippen molar-refractivity contribution in [1.82, 2.24) is 9.96 Å². The number of hydroxylamine groups is 2. The summed E-state index contributed by atoms with van der Waals surface area (Å²) in [6.45, 7) is 1.45. The van der Waals surface area contributed by atoms with Crippen molar-refractivity contribution in [3.05, 3.63) is 0 Å². The minimum Gasteiger partial charge on any atom is -0.463 e. The van der Waals surface area contributed by atoms with Gasteiger partial charge in [-0.05, 0) is 6.92 Å². The van der Waals surface area contributed by atoms with Crippen LogP contribution in [0.15, 0.2) is 0 Å². The summed E-state index contributed by atoms with van der Waals surface area (Å²) in [6.07, 6.45) is -1.49. The van der Waals surface area contributed by atoms with Gasteiger partial charge < -0.3 is 10.0 Å². The third-order valence-corrected chi connectivity index (χ3v) is 1.58. The molecule has 0 saturated carbocycles. The van der Waals surface area contributed by atoms with Crippen LogP contribution in [0.25, 0.3) is 0 Å². The second-order valence-corrected chi connectivity index (χ2v) is 2.97. The van der Waals surface area contributed by atoms with Crippen molar-refractivity contribution in [3.63, 3.8) is 0 Å². The molecule has 0 aliphatic carbocycles. The normalized spacial score (nSPS) is 12.0. The van der Waals surface area contributed by atoms with Gasteiger partial charge in [0.1, 0.15) is 0 Å². The zero-order valence-corrected chi connectivity index (χ0v) is 7.89. The number of carbonyl (C=O) groups excluding carboxylic acids is 1. The van der Waals surface area contributed by atoms with E-state index in [-0.39, 0.29) is 17.4 Å². The van der Waals surface area contributed by atoms with E-state index in [9.17, 15) is 9.59 Å². The molecule has 1 unspecified atom stereocenters. The molecule has 0 aliphatic heterocycles. The van der Waals surface area contributed by atoms with Gasteiger partial charge in [-0.25, -0.2) is 4.79 Å². The van der Waals surface area contributed by atoms with Crippen molar-refractivity contribution in [2.45, 2.75) is 19.4 Å². The lowest BCUT2D eigenvalue weighted by atomic mass is 10.2. The highest BCUT2D eigenvalue weighted by molar-refractivity contribution is 5.76. The second-order valence-electron chi connectivity index (χ2n) is 2.97. The van der Waals surface area contributed by atoms with E-state index in [0.717, 1.165) is 0 Å². The van der Waals surface area contributed by atoms with Gasteiger partial charge in [0.15, 0.2) is 0 Å². The van der Waals surface area contributed by atoms with Crippen LogP contribution in [0.3, 0.4) is 0 Å². The molecule has 1 atom stereocenters. The molecule has 0 radical (unpaired) electrons. The molecule has 76 valence electrons. The van der Waals surface area contributed by atoms with E-state index in [4.69, 9.17) is 10.3 Å². The van der Waals surface area contributed by atoms with Crippen molar-refractivity contribution in [2.24, 2.45) is 0 Å². The number of nitrogens with zero attached hydrogens (tertiary/aromatic N) is 2. The van der Waals surface area contributed by atoms with Gasteiger partial charge >= 0.3 is 6.09 Å². The van der Waals surface area contributed by atoms with E-state index in [1.165, 1.54) is 11.8 Å². The van der Waals surface area contributed by atoms with Gasteiger partial charge in [-0.2, -0.15) is 5.06 Å². The molecule has 0 aromatic rings. The molecule has 0 aromatic carbocycles. The number of amides is 2. The number of carboxylic acid groups (broad SMARTS) is 1. The lowest BCUT2D eigenvalue weighted by Crippen LogP contribution is -2.38. The summed E-state index contributed by atoms with van der Waals surface area (Å²) in [7, 11) is 3.13. The van der Waals surface area contributed by atoms with Crippen molar-refractivity contribution < 1.29 is 19.9 Å². The fourth-order valence-electron chi connectivity index (χ4n) is 0.710. The van der Waals surface area contributed by atoms with E-state index in [1.54, 1.807) is 14.1 Å². The Hall–Kier alpha value is -1.30. The smallest absolute Gasteiger partial charge is 0.431 e. The average molecular weight is 190 g/mol. The molecule has 2 N–H and O–H groups in total. The molecule has 6 heteroatoms. The molecule has 6 nitrogen and oxygen atoms in total. The molecule has 0 spiro atoms. The number of rotatable bonds is 3. The predicted molar refractivity (Wildman–Crippen MR) is 44.4 cm³/mol. The Balaban J connectivity index is 4.07. The maximum absolute atomic E-state index is 11.1. The molecular formula is C7H14N2O4. The summed E-state index contributed by atoms with van der Waals surface area (Å²) in [5.74, 6) is -0.229. The van der Waals surface area contributed by atoms with E-state index in [2.05, 4.69) is 0 Å². The molecular weight excluding hydrogens is 176 g/mol. The summed E-state index contributed by atoms with van der Waals surface area (Å²) in [5.41, 5.74) is 0. The first kappa shape index (κ1) is 11.7. The average Bonchev–Trinajstić information content (AvgIpc) is 2.02. The first-order valence-corrected chi connectivity index (χ1v) is 3.77. The quantitative estimate of drug-likeness (QED) is 0.492. The van der Waals surface area contributed by atoms with Crippen LogP contribution in [-0.2, 0) is 4.79 Å². The first-order chi connectivity index (χ1) is 5.86. The van der Waals surface area contributed by atoms with Crippen molar-refractivity contribution >= 4 is 12.0 Å². The maximum atomic E-state index is 11.1. The van der Waals surface area contributed by atoms with Crippen LogP contribution in [0.1, 0.15) is 13.3 Å². The largest absolute Gasteiger partial charge is 0.463 e. The fourth-order valence-corrected chi connectivity index (χ4v) is 0.710. The van der Waals surface area contributed by atoms with E-state index in [1.807, 2.05) is 0 Å². The van der Waals surface area contributed by atoms with Crippen LogP contribution < -0.4 is 0 Å². The highest BCUT2D eigenvalue weighted by atomic mass is 16.6. The monoisotopic (exact) mass is 190 g/mol. The molecule has 0 heterocycles. The minimum absolute atomic E-state index is 0.0319. The van der Waals surface area contributed by atoms with E-state index >= 15 is 0 Å². The SMILES string of the molecule is CC(CC(=O)N(C)C)N(O)C(=O)O. The van der Waals surface area contributed by atoms with Gasteiger partial charge in [-0.1, -0.05) is 0 Å².